The number of carbonyl (C=O) groups excluding carboxylic acids is 3. The first-order valence-electron chi connectivity index (χ1n) is 15.3. The van der Waals surface area contributed by atoms with Crippen molar-refractivity contribution >= 4 is 17.9 Å². The van der Waals surface area contributed by atoms with E-state index in [1.54, 1.807) is 0 Å². The largest absolute Gasteiger partial charge is 4.00 e. The summed E-state index contributed by atoms with van der Waals surface area (Å²) in [7, 11) is 0. The van der Waals surface area contributed by atoms with Gasteiger partial charge in [0.15, 0.2) is 0 Å². The molecule has 8 heteroatoms. The van der Waals surface area contributed by atoms with Crippen molar-refractivity contribution in [2.45, 2.75) is 172 Å². The minimum absolute atomic E-state index is 0. The summed E-state index contributed by atoms with van der Waals surface area (Å²) in [6.07, 6.45) is 13.6. The Kier molecular flexibility index (Phi) is 37.4. The molecular weight excluding hydrogens is 600 g/mol. The van der Waals surface area contributed by atoms with Crippen molar-refractivity contribution < 1.29 is 61.0 Å². The summed E-state index contributed by atoms with van der Waals surface area (Å²) in [5, 5.41) is 39.4. The molecule has 0 radical (unpaired) electrons. The number of carboxylic acids is 3. The van der Waals surface area contributed by atoms with Crippen molar-refractivity contribution in [2.75, 3.05) is 6.61 Å². The van der Waals surface area contributed by atoms with Gasteiger partial charge in [0.25, 0.3) is 0 Å². The topological polar surface area (TPSA) is 143 Å². The van der Waals surface area contributed by atoms with Gasteiger partial charge >= 0.3 is 26.2 Å². The first-order valence-corrected chi connectivity index (χ1v) is 15.3. The predicted octanol–water partition coefficient (Wildman–Crippen LogP) is 4.95. The number of carboxylic acid groups (broad SMARTS) is 3. The maximum Gasteiger partial charge on any atom is 4.00 e. The average molecular weight is 664 g/mol. The molecule has 0 aliphatic heterocycles. The molecule has 0 aromatic carbocycles. The van der Waals surface area contributed by atoms with E-state index in [9.17, 15) is 34.8 Å². The van der Waals surface area contributed by atoms with Crippen LogP contribution in [0.25, 0.3) is 0 Å². The SMILES string of the molecule is CC(C)(C)CCCCCC(=O)[O-].CC(C)(C)CCCCCC(=O)[O-].CC(C)(C)CCCCCC(=O)[O-].CCC[O-].[Zr+4]. The molecule has 41 heavy (non-hydrogen) atoms. The van der Waals surface area contributed by atoms with E-state index < -0.39 is 17.9 Å². The molecular formula is C33H64O7Zr. The second-order valence-electron chi connectivity index (χ2n) is 14.2. The monoisotopic (exact) mass is 662 g/mol. The summed E-state index contributed by atoms with van der Waals surface area (Å²) in [5.74, 6) is -2.78. The Balaban J connectivity index is -0.000000146. The molecule has 0 unspecified atom stereocenters. The van der Waals surface area contributed by atoms with Crippen LogP contribution >= 0.6 is 0 Å². The zero-order chi connectivity index (χ0) is 32.3. The second kappa shape index (κ2) is 30.7. The molecule has 0 fully saturated rings. The number of hydrogen-bond acceptors (Lipinski definition) is 7. The maximum absolute atomic E-state index is 10.0. The Labute approximate surface area is 272 Å². The summed E-state index contributed by atoms with van der Waals surface area (Å²) < 4.78 is 0. The minimum atomic E-state index is -0.925. The van der Waals surface area contributed by atoms with Gasteiger partial charge in [-0.05, 0) is 74.0 Å². The molecule has 0 heterocycles. The van der Waals surface area contributed by atoms with Gasteiger partial charge in [-0.3, -0.25) is 0 Å². The number of unbranched alkanes of at least 4 members (excludes halogenated alkanes) is 6. The van der Waals surface area contributed by atoms with E-state index in [2.05, 4.69) is 62.3 Å². The molecule has 0 bridgehead atoms. The van der Waals surface area contributed by atoms with Crippen LogP contribution in [0.1, 0.15) is 172 Å². The van der Waals surface area contributed by atoms with Gasteiger partial charge in [-0.25, -0.2) is 0 Å². The molecule has 0 aromatic heterocycles. The van der Waals surface area contributed by atoms with Crippen LogP contribution in [0.5, 0.6) is 0 Å². The normalized spacial score (nSPS) is 10.9. The van der Waals surface area contributed by atoms with Gasteiger partial charge in [0.1, 0.15) is 0 Å². The molecule has 0 N–H and O–H groups in total. The zero-order valence-corrected chi connectivity index (χ0v) is 30.8. The summed E-state index contributed by atoms with van der Waals surface area (Å²) in [4.78, 5) is 30.1. The molecule has 0 spiro atoms. The minimum Gasteiger partial charge on any atom is -0.854 e. The van der Waals surface area contributed by atoms with Crippen molar-refractivity contribution in [1.29, 1.82) is 0 Å². The standard InChI is InChI=1S/3C10H20O2.C3H7O.Zr/c3*1-10(2,3)8-6-4-5-7-9(11)12;1-2-3-4;/h3*4-8H2,1-3H3,(H,11,12);2-3H2,1H3;/q;;;-1;+4/p-3. The Morgan fingerprint density at radius 2 is 0.659 bits per heavy atom. The van der Waals surface area contributed by atoms with E-state index in [-0.39, 0.29) is 52.1 Å². The van der Waals surface area contributed by atoms with E-state index in [1.807, 2.05) is 6.92 Å². The fourth-order valence-electron chi connectivity index (χ4n) is 3.30. The molecule has 0 aliphatic carbocycles. The van der Waals surface area contributed by atoms with E-state index in [0.29, 0.717) is 16.2 Å². The van der Waals surface area contributed by atoms with Crippen LogP contribution in [0.3, 0.4) is 0 Å². The van der Waals surface area contributed by atoms with Crippen LogP contribution in [0.2, 0.25) is 0 Å². The smallest absolute Gasteiger partial charge is 0.854 e. The third-order valence-electron chi connectivity index (χ3n) is 5.63. The summed E-state index contributed by atoms with van der Waals surface area (Å²) in [5.41, 5.74) is 1.13. The summed E-state index contributed by atoms with van der Waals surface area (Å²) >= 11 is 0. The molecule has 0 aromatic rings. The van der Waals surface area contributed by atoms with Crippen molar-refractivity contribution in [3.05, 3.63) is 0 Å². The van der Waals surface area contributed by atoms with Gasteiger partial charge in [0, 0.05) is 17.9 Å². The molecule has 0 rings (SSSR count). The average Bonchev–Trinajstić information content (AvgIpc) is 2.76. The summed E-state index contributed by atoms with van der Waals surface area (Å²) in [6, 6.07) is 0. The predicted molar refractivity (Wildman–Crippen MR) is 158 cm³/mol. The van der Waals surface area contributed by atoms with Crippen molar-refractivity contribution in [2.24, 2.45) is 16.2 Å². The van der Waals surface area contributed by atoms with Crippen molar-refractivity contribution in [3.8, 4) is 0 Å². The number of hydrogen-bond donors (Lipinski definition) is 0. The van der Waals surface area contributed by atoms with Crippen molar-refractivity contribution in [3.63, 3.8) is 0 Å². The second-order valence-corrected chi connectivity index (χ2v) is 14.2. The molecule has 0 amide bonds. The fraction of sp³-hybridized carbons (Fsp3) is 0.909. The zero-order valence-electron chi connectivity index (χ0n) is 28.4. The van der Waals surface area contributed by atoms with Gasteiger partial charge in [0.05, 0.1) is 0 Å². The van der Waals surface area contributed by atoms with Crippen LogP contribution in [0, 0.1) is 16.2 Å². The van der Waals surface area contributed by atoms with E-state index in [1.165, 1.54) is 19.3 Å². The fourth-order valence-corrected chi connectivity index (χ4v) is 3.30. The van der Waals surface area contributed by atoms with E-state index in [0.717, 1.165) is 64.2 Å². The van der Waals surface area contributed by atoms with Gasteiger partial charge < -0.3 is 34.8 Å². The van der Waals surface area contributed by atoms with Gasteiger partial charge in [0.2, 0.25) is 0 Å². The molecule has 242 valence electrons. The van der Waals surface area contributed by atoms with Crippen molar-refractivity contribution in [1.82, 2.24) is 0 Å². The Morgan fingerprint density at radius 3 is 0.780 bits per heavy atom. The molecule has 7 nitrogen and oxygen atoms in total. The van der Waals surface area contributed by atoms with Gasteiger partial charge in [-0.15, -0.1) is 6.61 Å². The van der Waals surface area contributed by atoms with Gasteiger partial charge in [-0.1, -0.05) is 114 Å². The number of carbonyl (C=O) groups is 3. The molecule has 0 saturated heterocycles. The molecule has 0 aliphatic rings. The third kappa shape index (κ3) is 73.3. The Hall–Kier alpha value is -0.747. The van der Waals surface area contributed by atoms with Gasteiger partial charge in [-0.2, -0.15) is 0 Å². The number of aliphatic carboxylic acids is 3. The first-order chi connectivity index (χ1) is 18.2. The van der Waals surface area contributed by atoms with E-state index >= 15 is 0 Å². The molecule has 0 saturated carbocycles. The first kappa shape index (κ1) is 49.9. The van der Waals surface area contributed by atoms with Crippen LogP contribution in [-0.2, 0) is 40.6 Å². The summed E-state index contributed by atoms with van der Waals surface area (Å²) in [6.45, 7) is 21.7. The third-order valence-corrected chi connectivity index (χ3v) is 5.63. The molecule has 0 atom stereocenters. The van der Waals surface area contributed by atoms with Crippen LogP contribution in [0.4, 0.5) is 0 Å². The Morgan fingerprint density at radius 1 is 0.463 bits per heavy atom. The quantitative estimate of drug-likeness (QED) is 0.213. The number of rotatable bonds is 16. The van der Waals surface area contributed by atoms with Crippen LogP contribution in [0.15, 0.2) is 0 Å². The van der Waals surface area contributed by atoms with E-state index in [4.69, 9.17) is 0 Å². The Bertz CT molecular complexity index is 517. The van der Waals surface area contributed by atoms with Crippen LogP contribution < -0.4 is 20.4 Å². The van der Waals surface area contributed by atoms with Crippen LogP contribution in [-0.4, -0.2) is 24.5 Å². The maximum atomic E-state index is 10.0.